The maximum absolute atomic E-state index is 14.1. The summed E-state index contributed by atoms with van der Waals surface area (Å²) in [7, 11) is -6.43. The van der Waals surface area contributed by atoms with Crippen LogP contribution in [-0.2, 0) is 19.6 Å². The monoisotopic (exact) mass is 376 g/mol. The highest BCUT2D eigenvalue weighted by Gasteiger charge is 2.74. The van der Waals surface area contributed by atoms with Crippen LogP contribution in [0.1, 0.15) is 32.1 Å². The molecule has 3 unspecified atom stereocenters. The van der Waals surface area contributed by atoms with E-state index in [9.17, 15) is 35.9 Å². The van der Waals surface area contributed by atoms with E-state index in [1.165, 1.54) is 0 Å². The first-order valence-corrected chi connectivity index (χ1v) is 8.87. The molecule has 11 heteroatoms. The summed E-state index contributed by atoms with van der Waals surface area (Å²) >= 11 is 0. The molecule has 0 aromatic heterocycles. The quantitative estimate of drug-likeness (QED) is 0.441. The molecule has 4 saturated carbocycles. The van der Waals surface area contributed by atoms with Crippen molar-refractivity contribution in [3.63, 3.8) is 0 Å². The van der Waals surface area contributed by atoms with Crippen molar-refractivity contribution < 1.29 is 45.2 Å². The van der Waals surface area contributed by atoms with E-state index in [0.29, 0.717) is 12.8 Å². The highest BCUT2D eigenvalue weighted by atomic mass is 32.2. The number of esters is 1. The van der Waals surface area contributed by atoms with Gasteiger partial charge in [0.25, 0.3) is 0 Å². The molecule has 4 aliphatic carbocycles. The lowest BCUT2D eigenvalue weighted by molar-refractivity contribution is -0.240. The van der Waals surface area contributed by atoms with Gasteiger partial charge in [0.1, 0.15) is 5.60 Å². The Morgan fingerprint density at radius 3 is 2.00 bits per heavy atom. The van der Waals surface area contributed by atoms with Gasteiger partial charge < -0.3 is 9.84 Å². The van der Waals surface area contributed by atoms with Crippen molar-refractivity contribution in [2.24, 2.45) is 17.8 Å². The summed E-state index contributed by atoms with van der Waals surface area (Å²) in [5, 5.41) is 4.54. The molecular weight excluding hydrogens is 360 g/mol. The van der Waals surface area contributed by atoms with Gasteiger partial charge in [-0.2, -0.15) is 21.6 Å². The molecule has 4 aliphatic rings. The number of alkyl halides is 4. The molecule has 0 aromatic carbocycles. The minimum Gasteiger partial charge on any atom is -0.456 e. The summed E-state index contributed by atoms with van der Waals surface area (Å²) in [6, 6.07) is 0. The maximum Gasteiger partial charge on any atom is 0.451 e. The fourth-order valence-electron chi connectivity index (χ4n) is 4.68. The second-order valence-corrected chi connectivity index (χ2v) is 8.61. The van der Waals surface area contributed by atoms with Crippen LogP contribution in [-0.4, -0.2) is 46.9 Å². The van der Waals surface area contributed by atoms with Crippen LogP contribution in [0.3, 0.4) is 0 Å². The molecular formula is C13H16F4O6S. The summed E-state index contributed by atoms with van der Waals surface area (Å²) in [5.41, 5.74) is -1.43. The van der Waals surface area contributed by atoms with Crippen molar-refractivity contribution >= 4 is 16.1 Å². The van der Waals surface area contributed by atoms with Crippen molar-refractivity contribution in [3.05, 3.63) is 0 Å². The molecule has 138 valence electrons. The smallest absolute Gasteiger partial charge is 0.451 e. The Hall–Kier alpha value is -0.940. The molecule has 0 radical (unpaired) electrons. The number of rotatable bonds is 3. The number of ether oxygens (including phenoxy) is 1. The standard InChI is InChI=1S/C13H16F4O6S/c14-12(13(15,16)17,24(20,21)22)10(19)23-11-3-6-1-7(4-11)9(18)8(2-6)5-11/h6-9,18H,1-5H2,(H,20,21,22). The Morgan fingerprint density at radius 2 is 1.58 bits per heavy atom. The molecule has 4 bridgehead atoms. The van der Waals surface area contributed by atoms with Crippen LogP contribution >= 0.6 is 0 Å². The molecule has 0 aromatic rings. The lowest BCUT2D eigenvalue weighted by atomic mass is 9.53. The number of carbonyl (C=O) groups excluding carboxylic acids is 1. The Bertz CT molecular complexity index is 646. The first kappa shape index (κ1) is 17.9. The predicted molar refractivity (Wildman–Crippen MR) is 69.8 cm³/mol. The summed E-state index contributed by atoms with van der Waals surface area (Å²) < 4.78 is 87.7. The van der Waals surface area contributed by atoms with E-state index >= 15 is 0 Å². The van der Waals surface area contributed by atoms with E-state index in [1.807, 2.05) is 0 Å². The van der Waals surface area contributed by atoms with Gasteiger partial charge in [0.15, 0.2) is 0 Å². The molecule has 2 N–H and O–H groups in total. The van der Waals surface area contributed by atoms with Crippen molar-refractivity contribution in [2.75, 3.05) is 0 Å². The van der Waals surface area contributed by atoms with Crippen LogP contribution in [0.25, 0.3) is 0 Å². The van der Waals surface area contributed by atoms with E-state index in [4.69, 9.17) is 9.29 Å². The number of aliphatic hydroxyl groups is 1. The van der Waals surface area contributed by atoms with Crippen molar-refractivity contribution in [1.29, 1.82) is 0 Å². The number of hydrogen-bond acceptors (Lipinski definition) is 5. The third-order valence-electron chi connectivity index (χ3n) is 5.46. The highest BCUT2D eigenvalue weighted by Crippen LogP contribution is 2.57. The molecule has 0 amide bonds. The lowest BCUT2D eigenvalue weighted by Crippen LogP contribution is -2.62. The predicted octanol–water partition coefficient (Wildman–Crippen LogP) is 1.59. The molecule has 4 rings (SSSR count). The van der Waals surface area contributed by atoms with Crippen molar-refractivity contribution in [2.45, 2.75) is 55.0 Å². The van der Waals surface area contributed by atoms with Gasteiger partial charge >= 0.3 is 27.3 Å². The second-order valence-electron chi connectivity index (χ2n) is 7.10. The summed E-state index contributed by atoms with van der Waals surface area (Å²) in [6.07, 6.45) is -5.28. The minimum absolute atomic E-state index is 0.0179. The van der Waals surface area contributed by atoms with Crippen LogP contribution in [0.15, 0.2) is 0 Å². The lowest BCUT2D eigenvalue weighted by Gasteiger charge is -2.57. The minimum atomic E-state index is -6.43. The molecule has 0 saturated heterocycles. The van der Waals surface area contributed by atoms with Gasteiger partial charge in [0.2, 0.25) is 0 Å². The van der Waals surface area contributed by atoms with Crippen molar-refractivity contribution in [3.8, 4) is 0 Å². The fraction of sp³-hybridized carbons (Fsp3) is 0.923. The van der Waals surface area contributed by atoms with E-state index in [-0.39, 0.29) is 37.0 Å². The van der Waals surface area contributed by atoms with Crippen LogP contribution in [0, 0.1) is 17.8 Å². The number of carbonyl (C=O) groups is 1. The molecule has 0 heterocycles. The Kier molecular flexibility index (Phi) is 3.75. The van der Waals surface area contributed by atoms with Crippen molar-refractivity contribution in [1.82, 2.24) is 0 Å². The molecule has 24 heavy (non-hydrogen) atoms. The zero-order chi connectivity index (χ0) is 18.1. The summed E-state index contributed by atoms with van der Waals surface area (Å²) in [5.74, 6) is -3.22. The Labute approximate surface area is 134 Å². The average Bonchev–Trinajstić information content (AvgIpc) is 2.39. The Morgan fingerprint density at radius 1 is 1.08 bits per heavy atom. The third-order valence-corrected chi connectivity index (χ3v) is 6.57. The van der Waals surface area contributed by atoms with Gasteiger partial charge in [-0.1, -0.05) is 0 Å². The van der Waals surface area contributed by atoms with E-state index < -0.39 is 39.0 Å². The number of halogens is 4. The summed E-state index contributed by atoms with van der Waals surface area (Å²) in [4.78, 5) is 11.8. The average molecular weight is 376 g/mol. The second kappa shape index (κ2) is 5.04. The maximum atomic E-state index is 14.1. The van der Waals surface area contributed by atoms with Gasteiger partial charge in [-0.05, 0) is 49.9 Å². The molecule has 6 nitrogen and oxygen atoms in total. The van der Waals surface area contributed by atoms with Gasteiger partial charge in [0.05, 0.1) is 6.10 Å². The zero-order valence-corrected chi connectivity index (χ0v) is 13.1. The van der Waals surface area contributed by atoms with Gasteiger partial charge in [-0.3, -0.25) is 4.55 Å². The van der Waals surface area contributed by atoms with E-state index in [1.54, 1.807) is 0 Å². The highest BCUT2D eigenvalue weighted by molar-refractivity contribution is 7.88. The van der Waals surface area contributed by atoms with Crippen LogP contribution in [0.4, 0.5) is 17.6 Å². The van der Waals surface area contributed by atoms with Gasteiger partial charge in [-0.15, -0.1) is 0 Å². The van der Waals surface area contributed by atoms with Gasteiger partial charge in [0, 0.05) is 0 Å². The van der Waals surface area contributed by atoms with E-state index in [2.05, 4.69) is 0 Å². The first-order valence-electron chi connectivity index (χ1n) is 7.43. The Balaban J connectivity index is 1.89. The van der Waals surface area contributed by atoms with Crippen LogP contribution in [0.2, 0.25) is 0 Å². The topological polar surface area (TPSA) is 101 Å². The van der Waals surface area contributed by atoms with Gasteiger partial charge in [-0.25, -0.2) is 9.18 Å². The molecule has 0 aliphatic heterocycles. The number of aliphatic hydroxyl groups excluding tert-OH is 1. The van der Waals surface area contributed by atoms with Crippen LogP contribution < -0.4 is 0 Å². The number of hydrogen-bond donors (Lipinski definition) is 2. The largest absolute Gasteiger partial charge is 0.456 e. The SMILES string of the molecule is O=C(OC12CC3CC(C1)C(O)C(C3)C2)C(F)(C(F)(F)F)S(=O)(=O)O. The zero-order valence-electron chi connectivity index (χ0n) is 12.3. The normalized spacial score (nSPS) is 41.1. The molecule has 4 fully saturated rings. The first-order chi connectivity index (χ1) is 10.8. The molecule has 3 atom stereocenters. The van der Waals surface area contributed by atoms with Crippen LogP contribution in [0.5, 0.6) is 0 Å². The van der Waals surface area contributed by atoms with E-state index in [0.717, 1.165) is 0 Å². The third kappa shape index (κ3) is 2.43. The summed E-state index contributed by atoms with van der Waals surface area (Å²) in [6.45, 7) is 0. The fourth-order valence-corrected chi connectivity index (χ4v) is 5.22. The molecule has 0 spiro atoms.